The third-order valence-corrected chi connectivity index (χ3v) is 4.22. The van der Waals surface area contributed by atoms with Gasteiger partial charge in [0.15, 0.2) is 0 Å². The summed E-state index contributed by atoms with van der Waals surface area (Å²) < 4.78 is 4.72. The van der Waals surface area contributed by atoms with Crippen LogP contribution in [0, 0.1) is 17.2 Å². The first-order valence-electron chi connectivity index (χ1n) is 7.11. The van der Waals surface area contributed by atoms with Crippen LogP contribution in [0.1, 0.15) is 32.1 Å². The standard InChI is InChI=1S/C14H21N3O3/c1-20-13(19)11-4-7-17(8-11)9-12(18)16-14(10-15)5-2-3-6-14/h11H,2-9H2,1H3,(H,16,18). The SMILES string of the molecule is COC(=O)C1CCN(CC(=O)NC2(C#N)CCCC2)C1. The van der Waals surface area contributed by atoms with Gasteiger partial charge in [-0.3, -0.25) is 14.5 Å². The fourth-order valence-electron chi connectivity index (χ4n) is 3.09. The van der Waals surface area contributed by atoms with Crippen molar-refractivity contribution in [2.45, 2.75) is 37.6 Å². The normalized spacial score (nSPS) is 25.1. The van der Waals surface area contributed by atoms with E-state index in [0.29, 0.717) is 13.1 Å². The summed E-state index contributed by atoms with van der Waals surface area (Å²) >= 11 is 0. The van der Waals surface area contributed by atoms with Crippen LogP contribution in [0.3, 0.4) is 0 Å². The van der Waals surface area contributed by atoms with Crippen molar-refractivity contribution in [1.29, 1.82) is 5.26 Å². The van der Waals surface area contributed by atoms with E-state index in [1.165, 1.54) is 7.11 Å². The number of hydrogen-bond acceptors (Lipinski definition) is 5. The lowest BCUT2D eigenvalue weighted by molar-refractivity contribution is -0.145. The van der Waals surface area contributed by atoms with E-state index in [0.717, 1.165) is 32.1 Å². The topological polar surface area (TPSA) is 82.4 Å². The average Bonchev–Trinajstić information content (AvgIpc) is 3.08. The maximum atomic E-state index is 12.0. The van der Waals surface area contributed by atoms with Gasteiger partial charge in [-0.25, -0.2) is 0 Å². The molecule has 0 spiro atoms. The molecule has 1 saturated heterocycles. The van der Waals surface area contributed by atoms with E-state index in [1.807, 2.05) is 4.90 Å². The highest BCUT2D eigenvalue weighted by Gasteiger charge is 2.36. The predicted molar refractivity (Wildman–Crippen MR) is 71.5 cm³/mol. The van der Waals surface area contributed by atoms with Crippen LogP contribution in [0.2, 0.25) is 0 Å². The molecule has 1 N–H and O–H groups in total. The van der Waals surface area contributed by atoms with Crippen LogP contribution in [-0.4, -0.2) is 49.1 Å². The molecule has 1 atom stereocenters. The number of carbonyl (C=O) groups excluding carboxylic acids is 2. The van der Waals surface area contributed by atoms with Gasteiger partial charge in [-0.15, -0.1) is 0 Å². The molecule has 1 amide bonds. The van der Waals surface area contributed by atoms with E-state index < -0.39 is 5.54 Å². The second-order valence-electron chi connectivity index (χ2n) is 5.69. The maximum absolute atomic E-state index is 12.0. The molecule has 2 aliphatic rings. The molecule has 0 aromatic carbocycles. The first kappa shape index (κ1) is 14.8. The molecule has 0 aromatic rings. The fourth-order valence-corrected chi connectivity index (χ4v) is 3.09. The summed E-state index contributed by atoms with van der Waals surface area (Å²) in [5, 5.41) is 12.1. The summed E-state index contributed by atoms with van der Waals surface area (Å²) in [6, 6.07) is 2.24. The van der Waals surface area contributed by atoms with Crippen molar-refractivity contribution in [1.82, 2.24) is 10.2 Å². The number of carbonyl (C=O) groups is 2. The highest BCUT2D eigenvalue weighted by Crippen LogP contribution is 2.28. The third-order valence-electron chi connectivity index (χ3n) is 4.22. The van der Waals surface area contributed by atoms with E-state index in [2.05, 4.69) is 11.4 Å². The van der Waals surface area contributed by atoms with Gasteiger partial charge in [0, 0.05) is 6.54 Å². The molecule has 6 nitrogen and oxygen atoms in total. The number of nitrogens with one attached hydrogen (secondary N) is 1. The van der Waals surface area contributed by atoms with Crippen LogP contribution in [0.25, 0.3) is 0 Å². The van der Waals surface area contributed by atoms with Crippen LogP contribution in [0.15, 0.2) is 0 Å². The smallest absolute Gasteiger partial charge is 0.310 e. The third kappa shape index (κ3) is 3.28. The Morgan fingerprint density at radius 3 is 2.75 bits per heavy atom. The van der Waals surface area contributed by atoms with Gasteiger partial charge in [0.05, 0.1) is 25.6 Å². The van der Waals surface area contributed by atoms with Gasteiger partial charge in [0.2, 0.25) is 5.91 Å². The molecule has 1 aliphatic heterocycles. The number of rotatable bonds is 4. The van der Waals surface area contributed by atoms with Crippen molar-refractivity contribution in [3.63, 3.8) is 0 Å². The summed E-state index contributed by atoms with van der Waals surface area (Å²) in [6.45, 7) is 1.52. The predicted octanol–water partition coefficient (Wildman–Crippen LogP) is 0.434. The molecular formula is C14H21N3O3. The Labute approximate surface area is 119 Å². The summed E-state index contributed by atoms with van der Waals surface area (Å²) in [4.78, 5) is 25.4. The molecule has 1 saturated carbocycles. The Bertz CT molecular complexity index is 424. The Morgan fingerprint density at radius 1 is 1.45 bits per heavy atom. The molecule has 2 rings (SSSR count). The highest BCUT2D eigenvalue weighted by molar-refractivity contribution is 5.80. The average molecular weight is 279 g/mol. The Morgan fingerprint density at radius 2 is 2.15 bits per heavy atom. The Kier molecular flexibility index (Phi) is 4.61. The number of ether oxygens (including phenoxy) is 1. The van der Waals surface area contributed by atoms with Gasteiger partial charge >= 0.3 is 5.97 Å². The molecule has 0 bridgehead atoms. The molecule has 6 heteroatoms. The van der Waals surface area contributed by atoms with Crippen LogP contribution >= 0.6 is 0 Å². The lowest BCUT2D eigenvalue weighted by atomic mass is 10.00. The van der Waals surface area contributed by atoms with Crippen molar-refractivity contribution in [2.24, 2.45) is 5.92 Å². The van der Waals surface area contributed by atoms with Gasteiger partial charge in [0.1, 0.15) is 5.54 Å². The van der Waals surface area contributed by atoms with Crippen molar-refractivity contribution < 1.29 is 14.3 Å². The van der Waals surface area contributed by atoms with Gasteiger partial charge in [-0.2, -0.15) is 5.26 Å². The van der Waals surface area contributed by atoms with E-state index in [4.69, 9.17) is 4.74 Å². The summed E-state index contributed by atoms with van der Waals surface area (Å²) in [6.07, 6.45) is 4.17. The van der Waals surface area contributed by atoms with E-state index in [9.17, 15) is 14.9 Å². The molecular weight excluding hydrogens is 258 g/mol. The highest BCUT2D eigenvalue weighted by atomic mass is 16.5. The van der Waals surface area contributed by atoms with Gasteiger partial charge in [-0.1, -0.05) is 0 Å². The van der Waals surface area contributed by atoms with E-state index >= 15 is 0 Å². The number of methoxy groups -OCH3 is 1. The van der Waals surface area contributed by atoms with Crippen LogP contribution in [-0.2, 0) is 14.3 Å². The van der Waals surface area contributed by atoms with Crippen molar-refractivity contribution in [2.75, 3.05) is 26.7 Å². The quantitative estimate of drug-likeness (QED) is 0.755. The first-order valence-corrected chi connectivity index (χ1v) is 7.11. The van der Waals surface area contributed by atoms with E-state index in [1.54, 1.807) is 0 Å². The van der Waals surface area contributed by atoms with Gasteiger partial charge < -0.3 is 10.1 Å². The molecule has 1 heterocycles. The molecule has 1 unspecified atom stereocenters. The largest absolute Gasteiger partial charge is 0.469 e. The Hall–Kier alpha value is -1.61. The van der Waals surface area contributed by atoms with Crippen molar-refractivity contribution >= 4 is 11.9 Å². The number of likely N-dealkylation sites (tertiary alicyclic amines) is 1. The zero-order valence-electron chi connectivity index (χ0n) is 11.9. The molecule has 1 aliphatic carbocycles. The monoisotopic (exact) mass is 279 g/mol. The van der Waals surface area contributed by atoms with Crippen LogP contribution < -0.4 is 5.32 Å². The number of esters is 1. The molecule has 110 valence electrons. The van der Waals surface area contributed by atoms with Gasteiger partial charge in [-0.05, 0) is 38.6 Å². The summed E-state index contributed by atoms with van der Waals surface area (Å²) in [5.41, 5.74) is -0.668. The summed E-state index contributed by atoms with van der Waals surface area (Å²) in [7, 11) is 1.38. The molecule has 2 fully saturated rings. The van der Waals surface area contributed by atoms with E-state index in [-0.39, 0.29) is 24.3 Å². The number of nitrogens with zero attached hydrogens (tertiary/aromatic N) is 2. The first-order chi connectivity index (χ1) is 9.58. The van der Waals surface area contributed by atoms with Crippen LogP contribution in [0.4, 0.5) is 0 Å². The zero-order valence-corrected chi connectivity index (χ0v) is 11.9. The van der Waals surface area contributed by atoms with Crippen LogP contribution in [0.5, 0.6) is 0 Å². The zero-order chi connectivity index (χ0) is 14.6. The fraction of sp³-hybridized carbons (Fsp3) is 0.786. The number of nitriles is 1. The van der Waals surface area contributed by atoms with Crippen molar-refractivity contribution in [3.8, 4) is 6.07 Å². The number of amides is 1. The summed E-state index contributed by atoms with van der Waals surface area (Å²) in [5.74, 6) is -0.472. The second-order valence-corrected chi connectivity index (χ2v) is 5.69. The Balaban J connectivity index is 1.81. The minimum atomic E-state index is -0.668. The molecule has 20 heavy (non-hydrogen) atoms. The molecule has 0 aromatic heterocycles. The van der Waals surface area contributed by atoms with Crippen molar-refractivity contribution in [3.05, 3.63) is 0 Å². The minimum absolute atomic E-state index is 0.126. The maximum Gasteiger partial charge on any atom is 0.310 e. The minimum Gasteiger partial charge on any atom is -0.469 e. The number of hydrogen-bond donors (Lipinski definition) is 1. The lowest BCUT2D eigenvalue weighted by Gasteiger charge is -2.24. The molecule has 0 radical (unpaired) electrons. The van der Waals surface area contributed by atoms with Gasteiger partial charge in [0.25, 0.3) is 0 Å². The second kappa shape index (κ2) is 6.23. The lowest BCUT2D eigenvalue weighted by Crippen LogP contribution is -2.48.